The maximum Gasteiger partial charge on any atom is 0.191 e. The first kappa shape index (κ1) is 17.9. The maximum absolute atomic E-state index is 4.54. The molecular weight excluding hydrogens is 395 g/mol. The fourth-order valence-corrected chi connectivity index (χ4v) is 2.57. The van der Waals surface area contributed by atoms with Gasteiger partial charge in [-0.15, -0.1) is 35.3 Å². The van der Waals surface area contributed by atoms with Crippen LogP contribution in [0.5, 0.6) is 0 Å². The number of thiophene rings is 1. The molecule has 2 rings (SSSR count). The smallest absolute Gasteiger partial charge is 0.191 e. The Morgan fingerprint density at radius 1 is 1.24 bits per heavy atom. The lowest BCUT2D eigenvalue weighted by Gasteiger charge is -2.10. The van der Waals surface area contributed by atoms with Crippen LogP contribution in [0.3, 0.4) is 0 Å². The largest absolute Gasteiger partial charge is 0.357 e. The zero-order valence-corrected chi connectivity index (χ0v) is 15.4. The molecule has 2 aromatic heterocycles. The van der Waals surface area contributed by atoms with Crippen molar-refractivity contribution >= 4 is 41.3 Å². The molecule has 0 aromatic carbocycles. The van der Waals surface area contributed by atoms with Crippen LogP contribution in [0.2, 0.25) is 0 Å². The molecule has 0 spiro atoms. The van der Waals surface area contributed by atoms with E-state index in [-0.39, 0.29) is 24.0 Å². The third-order valence-electron chi connectivity index (χ3n) is 2.70. The van der Waals surface area contributed by atoms with Crippen LogP contribution >= 0.6 is 35.3 Å². The van der Waals surface area contributed by atoms with Crippen LogP contribution in [0.1, 0.15) is 22.4 Å². The number of aryl methyl sites for hydroxylation is 1. The summed E-state index contributed by atoms with van der Waals surface area (Å²) in [7, 11) is 0. The highest BCUT2D eigenvalue weighted by molar-refractivity contribution is 14.0. The molecule has 0 aliphatic rings. The molecule has 114 valence electrons. The number of aliphatic imine (C=N–C) groups is 1. The molecule has 0 saturated carbocycles. The molecule has 4 nitrogen and oxygen atoms in total. The van der Waals surface area contributed by atoms with E-state index in [9.17, 15) is 0 Å². The molecule has 6 heteroatoms. The highest BCUT2D eigenvalue weighted by atomic mass is 127. The van der Waals surface area contributed by atoms with Crippen molar-refractivity contribution in [1.29, 1.82) is 0 Å². The Kier molecular flexibility index (Phi) is 8.29. The summed E-state index contributed by atoms with van der Waals surface area (Å²) in [6.45, 7) is 6.41. The van der Waals surface area contributed by atoms with Gasteiger partial charge in [0, 0.05) is 22.5 Å². The number of pyridine rings is 1. The Balaban J connectivity index is 0.00000220. The third-order valence-corrected chi connectivity index (χ3v) is 3.70. The van der Waals surface area contributed by atoms with Gasteiger partial charge in [-0.25, -0.2) is 4.99 Å². The van der Waals surface area contributed by atoms with Crippen LogP contribution in [0, 0.1) is 6.92 Å². The number of nitrogens with zero attached hydrogens (tertiary/aromatic N) is 2. The van der Waals surface area contributed by atoms with E-state index in [1.807, 2.05) is 18.2 Å². The van der Waals surface area contributed by atoms with E-state index in [1.165, 1.54) is 9.75 Å². The van der Waals surface area contributed by atoms with Crippen molar-refractivity contribution in [3.63, 3.8) is 0 Å². The van der Waals surface area contributed by atoms with Gasteiger partial charge in [0.05, 0.1) is 18.8 Å². The molecule has 21 heavy (non-hydrogen) atoms. The van der Waals surface area contributed by atoms with Crippen molar-refractivity contribution in [3.05, 3.63) is 52.0 Å². The van der Waals surface area contributed by atoms with Gasteiger partial charge in [-0.05, 0) is 38.1 Å². The lowest BCUT2D eigenvalue weighted by atomic mass is 10.3. The predicted molar refractivity (Wildman–Crippen MR) is 100 cm³/mol. The van der Waals surface area contributed by atoms with Crippen LogP contribution in [0.15, 0.2) is 41.5 Å². The Labute approximate surface area is 147 Å². The van der Waals surface area contributed by atoms with E-state index < -0.39 is 0 Å². The first-order valence-electron chi connectivity index (χ1n) is 6.75. The number of hydrogen-bond acceptors (Lipinski definition) is 3. The van der Waals surface area contributed by atoms with Gasteiger partial charge >= 0.3 is 0 Å². The van der Waals surface area contributed by atoms with Crippen molar-refractivity contribution in [2.45, 2.75) is 26.9 Å². The fraction of sp³-hybridized carbons (Fsp3) is 0.333. The second-order valence-corrected chi connectivity index (χ2v) is 5.75. The SMILES string of the molecule is CCNC(=NCc1ccccn1)NCc1ccc(C)s1.I. The summed E-state index contributed by atoms with van der Waals surface area (Å²) < 4.78 is 0. The van der Waals surface area contributed by atoms with Gasteiger partial charge in [0.1, 0.15) is 0 Å². The van der Waals surface area contributed by atoms with Gasteiger partial charge in [0.15, 0.2) is 5.96 Å². The van der Waals surface area contributed by atoms with Crippen molar-refractivity contribution in [1.82, 2.24) is 15.6 Å². The topological polar surface area (TPSA) is 49.3 Å². The summed E-state index contributed by atoms with van der Waals surface area (Å²) in [6.07, 6.45) is 1.79. The minimum Gasteiger partial charge on any atom is -0.357 e. The molecular formula is C15H21IN4S. The van der Waals surface area contributed by atoms with Gasteiger partial charge in [-0.2, -0.15) is 0 Å². The number of hydrogen-bond donors (Lipinski definition) is 2. The van der Waals surface area contributed by atoms with Crippen molar-refractivity contribution < 1.29 is 0 Å². The van der Waals surface area contributed by atoms with Gasteiger partial charge in [0.25, 0.3) is 0 Å². The fourth-order valence-electron chi connectivity index (χ4n) is 1.74. The predicted octanol–water partition coefficient (Wildman–Crippen LogP) is 3.32. The quantitative estimate of drug-likeness (QED) is 0.447. The molecule has 0 aliphatic heterocycles. The first-order valence-corrected chi connectivity index (χ1v) is 7.57. The van der Waals surface area contributed by atoms with Crippen LogP contribution in [-0.4, -0.2) is 17.5 Å². The van der Waals surface area contributed by atoms with Crippen molar-refractivity contribution in [3.8, 4) is 0 Å². The number of aromatic nitrogens is 1. The molecule has 0 atom stereocenters. The highest BCUT2D eigenvalue weighted by Crippen LogP contribution is 2.14. The molecule has 2 N–H and O–H groups in total. The first-order chi connectivity index (χ1) is 9.78. The molecule has 0 amide bonds. The average molecular weight is 416 g/mol. The Morgan fingerprint density at radius 2 is 2.10 bits per heavy atom. The van der Waals surface area contributed by atoms with Gasteiger partial charge < -0.3 is 10.6 Å². The van der Waals surface area contributed by atoms with E-state index >= 15 is 0 Å². The number of halogens is 1. The standard InChI is InChI=1S/C15H20N4S.HI/c1-3-16-15(18-10-13-6-4-5-9-17-13)19-11-14-8-7-12(2)20-14;/h4-9H,3,10-11H2,1-2H3,(H2,16,18,19);1H. The summed E-state index contributed by atoms with van der Waals surface area (Å²) in [5, 5.41) is 6.59. The molecule has 0 radical (unpaired) electrons. The van der Waals surface area contributed by atoms with Crippen LogP contribution < -0.4 is 10.6 Å². The van der Waals surface area contributed by atoms with Crippen molar-refractivity contribution in [2.75, 3.05) is 6.54 Å². The van der Waals surface area contributed by atoms with E-state index in [2.05, 4.69) is 46.6 Å². The summed E-state index contributed by atoms with van der Waals surface area (Å²) in [4.78, 5) is 11.5. The molecule has 0 bridgehead atoms. The second kappa shape index (κ2) is 9.73. The van der Waals surface area contributed by atoms with Gasteiger partial charge in [-0.1, -0.05) is 6.07 Å². The second-order valence-electron chi connectivity index (χ2n) is 4.38. The molecule has 0 fully saturated rings. The van der Waals surface area contributed by atoms with Crippen LogP contribution in [0.4, 0.5) is 0 Å². The maximum atomic E-state index is 4.54. The van der Waals surface area contributed by atoms with Crippen LogP contribution in [0.25, 0.3) is 0 Å². The normalized spacial score (nSPS) is 10.9. The summed E-state index contributed by atoms with van der Waals surface area (Å²) in [5.74, 6) is 0.823. The van der Waals surface area contributed by atoms with Gasteiger partial charge in [-0.3, -0.25) is 4.98 Å². The summed E-state index contributed by atoms with van der Waals surface area (Å²) >= 11 is 1.80. The number of guanidine groups is 1. The van der Waals surface area contributed by atoms with Crippen LogP contribution in [-0.2, 0) is 13.1 Å². The minimum atomic E-state index is 0. The Bertz CT molecular complexity index is 554. The zero-order valence-electron chi connectivity index (χ0n) is 12.3. The third kappa shape index (κ3) is 6.43. The van der Waals surface area contributed by atoms with E-state index in [1.54, 1.807) is 17.5 Å². The minimum absolute atomic E-state index is 0. The lowest BCUT2D eigenvalue weighted by molar-refractivity contribution is 0.819. The number of nitrogens with one attached hydrogen (secondary N) is 2. The van der Waals surface area contributed by atoms with E-state index in [4.69, 9.17) is 0 Å². The van der Waals surface area contributed by atoms with Gasteiger partial charge in [0.2, 0.25) is 0 Å². The average Bonchev–Trinajstić information content (AvgIpc) is 2.89. The zero-order chi connectivity index (χ0) is 14.2. The summed E-state index contributed by atoms with van der Waals surface area (Å²) in [6, 6.07) is 10.2. The van der Waals surface area contributed by atoms with E-state index in [0.29, 0.717) is 6.54 Å². The Morgan fingerprint density at radius 3 is 2.71 bits per heavy atom. The molecule has 0 unspecified atom stereocenters. The van der Waals surface area contributed by atoms with Crippen molar-refractivity contribution in [2.24, 2.45) is 4.99 Å². The monoisotopic (exact) mass is 416 g/mol. The molecule has 0 aliphatic carbocycles. The number of rotatable bonds is 5. The summed E-state index contributed by atoms with van der Waals surface area (Å²) in [5.41, 5.74) is 0.969. The molecule has 2 aromatic rings. The molecule has 0 saturated heterocycles. The highest BCUT2D eigenvalue weighted by Gasteiger charge is 2.00. The lowest BCUT2D eigenvalue weighted by Crippen LogP contribution is -2.36. The Hall–Kier alpha value is -1.15. The van der Waals surface area contributed by atoms with E-state index in [0.717, 1.165) is 24.7 Å². The molecule has 2 heterocycles.